The summed E-state index contributed by atoms with van der Waals surface area (Å²) in [6.07, 6.45) is 2.31. The molecule has 0 aromatic carbocycles. The van der Waals surface area contributed by atoms with E-state index in [0.29, 0.717) is 17.6 Å². The Balaban J connectivity index is 1.79. The molecule has 0 unspecified atom stereocenters. The summed E-state index contributed by atoms with van der Waals surface area (Å²) in [5, 5.41) is 2.36. The summed E-state index contributed by atoms with van der Waals surface area (Å²) in [6, 6.07) is 3.31. The van der Waals surface area contributed by atoms with Crippen molar-refractivity contribution in [3.8, 4) is 0 Å². The summed E-state index contributed by atoms with van der Waals surface area (Å²) >= 11 is 2.52. The van der Waals surface area contributed by atoms with Crippen LogP contribution in [0.25, 0.3) is 0 Å². The molecule has 0 bridgehead atoms. The molecule has 0 radical (unpaired) electrons. The van der Waals surface area contributed by atoms with E-state index in [1.807, 2.05) is 5.38 Å². The number of sulfonamides is 1. The van der Waals surface area contributed by atoms with Crippen molar-refractivity contribution in [2.45, 2.75) is 29.5 Å². The Bertz CT molecular complexity index is 686. The Labute approximate surface area is 119 Å². The second-order valence-corrected chi connectivity index (χ2v) is 8.32. The van der Waals surface area contributed by atoms with Crippen molar-refractivity contribution >= 4 is 37.8 Å². The van der Waals surface area contributed by atoms with Crippen LogP contribution in [0.2, 0.25) is 0 Å². The highest BCUT2D eigenvalue weighted by molar-refractivity contribution is 7.94. The second kappa shape index (κ2) is 4.86. The van der Waals surface area contributed by atoms with Crippen molar-refractivity contribution in [1.82, 2.24) is 4.98 Å². The first-order valence-corrected chi connectivity index (χ1v) is 9.03. The third-order valence-electron chi connectivity index (χ3n) is 2.84. The summed E-state index contributed by atoms with van der Waals surface area (Å²) in [4.78, 5) is 5.16. The van der Waals surface area contributed by atoms with Crippen LogP contribution >= 0.6 is 22.7 Å². The number of nitrogens with two attached hydrogens (primary N) is 1. The SMILES string of the molecule is NCc1ccc(S(=O)(=O)Nc2nc(C3CC3)cs2)s1. The summed E-state index contributed by atoms with van der Waals surface area (Å²) in [7, 11) is -3.53. The van der Waals surface area contributed by atoms with Gasteiger partial charge in [-0.15, -0.1) is 22.7 Å². The number of nitrogens with zero attached hydrogens (tertiary/aromatic N) is 1. The number of aromatic nitrogens is 1. The first-order chi connectivity index (χ1) is 9.08. The number of hydrogen-bond acceptors (Lipinski definition) is 6. The minimum Gasteiger partial charge on any atom is -0.326 e. The van der Waals surface area contributed by atoms with Gasteiger partial charge in [0.1, 0.15) is 4.21 Å². The minimum absolute atomic E-state index is 0.274. The molecule has 0 aliphatic heterocycles. The molecule has 5 nitrogen and oxygen atoms in total. The van der Waals surface area contributed by atoms with Gasteiger partial charge >= 0.3 is 0 Å². The summed E-state index contributed by atoms with van der Waals surface area (Å²) in [6.45, 7) is 0.350. The number of thiazole rings is 1. The molecule has 3 N–H and O–H groups in total. The first kappa shape index (κ1) is 13.0. The van der Waals surface area contributed by atoms with Crippen LogP contribution in [0, 0.1) is 0 Å². The first-order valence-electron chi connectivity index (χ1n) is 5.85. The smallest absolute Gasteiger partial charge is 0.273 e. The summed E-state index contributed by atoms with van der Waals surface area (Å²) in [5.41, 5.74) is 6.48. The standard InChI is InChI=1S/C11H13N3O2S3/c12-5-8-3-4-10(18-8)19(15,16)14-11-13-9(6-17-11)7-1-2-7/h3-4,6-7H,1-2,5,12H2,(H,13,14). The van der Waals surface area contributed by atoms with Crippen molar-refractivity contribution in [3.05, 3.63) is 28.1 Å². The Kier molecular flexibility index (Phi) is 3.34. The Morgan fingerprint density at radius 1 is 1.42 bits per heavy atom. The van der Waals surface area contributed by atoms with Gasteiger partial charge in [-0.05, 0) is 25.0 Å². The normalized spacial score (nSPS) is 15.6. The van der Waals surface area contributed by atoms with Crippen LogP contribution in [0.15, 0.2) is 21.7 Å². The van der Waals surface area contributed by atoms with E-state index < -0.39 is 10.0 Å². The summed E-state index contributed by atoms with van der Waals surface area (Å²) in [5.74, 6) is 0.528. The highest BCUT2D eigenvalue weighted by atomic mass is 32.2. The van der Waals surface area contributed by atoms with E-state index in [-0.39, 0.29) is 4.21 Å². The van der Waals surface area contributed by atoms with Crippen molar-refractivity contribution in [2.24, 2.45) is 5.73 Å². The zero-order chi connectivity index (χ0) is 13.5. The lowest BCUT2D eigenvalue weighted by molar-refractivity contribution is 0.603. The molecule has 0 spiro atoms. The van der Waals surface area contributed by atoms with E-state index >= 15 is 0 Å². The monoisotopic (exact) mass is 315 g/mol. The van der Waals surface area contributed by atoms with Crippen molar-refractivity contribution in [3.63, 3.8) is 0 Å². The quantitative estimate of drug-likeness (QED) is 0.887. The predicted octanol–water partition coefficient (Wildman–Crippen LogP) is 2.34. The van der Waals surface area contributed by atoms with Gasteiger partial charge in [0, 0.05) is 22.7 Å². The van der Waals surface area contributed by atoms with Gasteiger partial charge in [0.25, 0.3) is 10.0 Å². The Hall–Kier alpha value is -0.960. The van der Waals surface area contributed by atoms with Crippen LogP contribution in [-0.2, 0) is 16.6 Å². The number of hydrogen-bond donors (Lipinski definition) is 2. The van der Waals surface area contributed by atoms with Gasteiger partial charge in [-0.1, -0.05) is 0 Å². The maximum Gasteiger partial charge on any atom is 0.273 e. The molecule has 0 amide bonds. The fourth-order valence-electron chi connectivity index (χ4n) is 1.68. The molecule has 1 saturated carbocycles. The van der Waals surface area contributed by atoms with Crippen LogP contribution in [0.4, 0.5) is 5.13 Å². The van der Waals surface area contributed by atoms with Gasteiger partial charge in [-0.2, -0.15) is 0 Å². The van der Waals surface area contributed by atoms with Crippen LogP contribution in [0.1, 0.15) is 29.3 Å². The molecule has 0 atom stereocenters. The molecule has 1 fully saturated rings. The molecule has 2 heterocycles. The summed E-state index contributed by atoms with van der Waals surface area (Å²) < 4.78 is 27.1. The lowest BCUT2D eigenvalue weighted by atomic mass is 10.3. The van der Waals surface area contributed by atoms with E-state index in [1.165, 1.54) is 22.7 Å². The van der Waals surface area contributed by atoms with Crippen molar-refractivity contribution < 1.29 is 8.42 Å². The fraction of sp³-hybridized carbons (Fsp3) is 0.364. The molecule has 1 aliphatic rings. The van der Waals surface area contributed by atoms with E-state index in [4.69, 9.17) is 5.73 Å². The van der Waals surface area contributed by atoms with Crippen molar-refractivity contribution in [2.75, 3.05) is 4.72 Å². The minimum atomic E-state index is -3.53. The number of rotatable bonds is 5. The second-order valence-electron chi connectivity index (χ2n) is 4.38. The lowest BCUT2D eigenvalue weighted by Crippen LogP contribution is -2.11. The van der Waals surface area contributed by atoms with Gasteiger partial charge in [0.15, 0.2) is 5.13 Å². The molecular weight excluding hydrogens is 302 g/mol. The lowest BCUT2D eigenvalue weighted by Gasteiger charge is -2.01. The number of anilines is 1. The van der Waals surface area contributed by atoms with Crippen LogP contribution in [0.5, 0.6) is 0 Å². The molecule has 3 rings (SSSR count). The predicted molar refractivity (Wildman–Crippen MR) is 77.1 cm³/mol. The van der Waals surface area contributed by atoms with E-state index in [2.05, 4.69) is 9.71 Å². The van der Waals surface area contributed by atoms with Gasteiger partial charge < -0.3 is 5.73 Å². The van der Waals surface area contributed by atoms with Crippen molar-refractivity contribution in [1.29, 1.82) is 0 Å². The Morgan fingerprint density at radius 3 is 2.84 bits per heavy atom. The van der Waals surface area contributed by atoms with Gasteiger partial charge in [0.05, 0.1) is 5.69 Å². The van der Waals surface area contributed by atoms with Gasteiger partial charge in [0.2, 0.25) is 0 Å². The molecule has 102 valence electrons. The molecular formula is C11H13N3O2S3. The highest BCUT2D eigenvalue weighted by Crippen LogP contribution is 2.41. The maximum absolute atomic E-state index is 12.2. The van der Waals surface area contributed by atoms with E-state index in [9.17, 15) is 8.42 Å². The van der Waals surface area contributed by atoms with Crippen LogP contribution in [-0.4, -0.2) is 13.4 Å². The topological polar surface area (TPSA) is 85.1 Å². The van der Waals surface area contributed by atoms with Crippen LogP contribution in [0.3, 0.4) is 0 Å². The number of nitrogens with one attached hydrogen (secondary N) is 1. The molecule has 0 saturated heterocycles. The Morgan fingerprint density at radius 2 is 2.21 bits per heavy atom. The van der Waals surface area contributed by atoms with Gasteiger partial charge in [-0.25, -0.2) is 13.4 Å². The third kappa shape index (κ3) is 2.81. The maximum atomic E-state index is 12.2. The molecule has 2 aromatic heterocycles. The molecule has 1 aliphatic carbocycles. The van der Waals surface area contributed by atoms with E-state index in [0.717, 1.165) is 23.4 Å². The zero-order valence-corrected chi connectivity index (χ0v) is 12.4. The average Bonchev–Trinajstić information content (AvgIpc) is 2.92. The molecule has 19 heavy (non-hydrogen) atoms. The van der Waals surface area contributed by atoms with Crippen LogP contribution < -0.4 is 10.5 Å². The average molecular weight is 315 g/mol. The fourth-order valence-corrected chi connectivity index (χ4v) is 4.96. The zero-order valence-electron chi connectivity index (χ0n) is 10.00. The molecule has 8 heteroatoms. The van der Waals surface area contributed by atoms with E-state index in [1.54, 1.807) is 12.1 Å². The molecule has 2 aromatic rings. The largest absolute Gasteiger partial charge is 0.326 e. The number of thiophene rings is 1. The highest BCUT2D eigenvalue weighted by Gasteiger charge is 2.27. The van der Waals surface area contributed by atoms with Gasteiger partial charge in [-0.3, -0.25) is 4.72 Å². The third-order valence-corrected chi connectivity index (χ3v) is 6.69.